The average molecular weight is 368 g/mol. The highest BCUT2D eigenvalue weighted by atomic mass is 35.5. The highest BCUT2D eigenvalue weighted by molar-refractivity contribution is 7.91. The molecular formula is C8H9Cl3N2O4S2. The predicted molar refractivity (Wildman–Crippen MR) is 76.2 cm³/mol. The van der Waals surface area contributed by atoms with Gasteiger partial charge in [-0.05, 0) is 0 Å². The van der Waals surface area contributed by atoms with Crippen molar-refractivity contribution < 1.29 is 13.3 Å². The van der Waals surface area contributed by atoms with Crippen LogP contribution in [-0.2, 0) is 10.0 Å². The number of halogens is 3. The van der Waals surface area contributed by atoms with Crippen molar-refractivity contribution in [1.82, 2.24) is 4.31 Å². The third-order valence-electron chi connectivity index (χ3n) is 2.10. The molecule has 108 valence electrons. The fourth-order valence-corrected chi connectivity index (χ4v) is 5.13. The zero-order chi connectivity index (χ0) is 14.6. The summed E-state index contributed by atoms with van der Waals surface area (Å²) < 4.78 is 25.2. The average Bonchev–Trinajstić information content (AvgIpc) is 2.72. The van der Waals surface area contributed by atoms with Crippen LogP contribution in [0.15, 0.2) is 10.3 Å². The molecule has 0 aromatic carbocycles. The van der Waals surface area contributed by atoms with Gasteiger partial charge in [0.15, 0.2) is 4.34 Å². The second-order valence-electron chi connectivity index (χ2n) is 3.26. The molecule has 0 saturated carbocycles. The minimum Gasteiger partial charge on any atom is -0.258 e. The molecule has 0 unspecified atom stereocenters. The number of hydrogen-bond acceptors (Lipinski definition) is 5. The smallest absolute Gasteiger partial charge is 0.258 e. The Morgan fingerprint density at radius 2 is 1.84 bits per heavy atom. The topological polar surface area (TPSA) is 80.5 Å². The Morgan fingerprint density at radius 1 is 1.32 bits per heavy atom. The van der Waals surface area contributed by atoms with Gasteiger partial charge >= 0.3 is 0 Å². The number of thiophene rings is 1. The van der Waals surface area contributed by atoms with Crippen LogP contribution in [0.25, 0.3) is 0 Å². The van der Waals surface area contributed by atoms with Gasteiger partial charge < -0.3 is 0 Å². The summed E-state index contributed by atoms with van der Waals surface area (Å²) in [7, 11) is -3.87. The SMILES string of the molecule is O=[N+]([O-])c1cc(S(=O)(=O)N(CCCl)CCCl)sc1Cl. The molecule has 0 bridgehead atoms. The minimum atomic E-state index is -3.87. The first-order valence-electron chi connectivity index (χ1n) is 4.90. The van der Waals surface area contributed by atoms with Gasteiger partial charge in [0, 0.05) is 30.9 Å². The molecule has 0 aliphatic carbocycles. The Morgan fingerprint density at radius 3 is 2.21 bits per heavy atom. The summed E-state index contributed by atoms with van der Waals surface area (Å²) in [6.45, 7) is 0.139. The monoisotopic (exact) mass is 366 g/mol. The molecule has 0 N–H and O–H groups in total. The van der Waals surface area contributed by atoms with Crippen molar-refractivity contribution in [1.29, 1.82) is 0 Å². The van der Waals surface area contributed by atoms with E-state index in [1.165, 1.54) is 0 Å². The summed E-state index contributed by atoms with van der Waals surface area (Å²) in [5.74, 6) is 0.189. The van der Waals surface area contributed by atoms with Gasteiger partial charge in [-0.1, -0.05) is 11.6 Å². The summed E-state index contributed by atoms with van der Waals surface area (Å²) in [4.78, 5) is 9.93. The van der Waals surface area contributed by atoms with E-state index in [-0.39, 0.29) is 33.4 Å². The van der Waals surface area contributed by atoms with E-state index in [4.69, 9.17) is 34.8 Å². The van der Waals surface area contributed by atoms with Crippen LogP contribution in [0.3, 0.4) is 0 Å². The van der Waals surface area contributed by atoms with Crippen molar-refractivity contribution in [2.75, 3.05) is 24.8 Å². The third kappa shape index (κ3) is 3.93. The molecular weight excluding hydrogens is 359 g/mol. The molecule has 1 heterocycles. The van der Waals surface area contributed by atoms with Crippen molar-refractivity contribution in [3.8, 4) is 0 Å². The molecule has 0 aliphatic rings. The van der Waals surface area contributed by atoms with Crippen LogP contribution in [0, 0.1) is 10.1 Å². The van der Waals surface area contributed by atoms with E-state index in [2.05, 4.69) is 0 Å². The lowest BCUT2D eigenvalue weighted by Crippen LogP contribution is -2.34. The molecule has 0 saturated heterocycles. The predicted octanol–water partition coefficient (Wildman–Crippen LogP) is 2.78. The fraction of sp³-hybridized carbons (Fsp3) is 0.500. The molecule has 1 aromatic heterocycles. The summed E-state index contributed by atoms with van der Waals surface area (Å²) in [5, 5.41) is 10.7. The third-order valence-corrected chi connectivity index (χ3v) is 6.13. The van der Waals surface area contributed by atoms with Crippen LogP contribution in [-0.4, -0.2) is 42.5 Å². The lowest BCUT2D eigenvalue weighted by molar-refractivity contribution is -0.384. The van der Waals surface area contributed by atoms with Crippen molar-refractivity contribution in [3.05, 3.63) is 20.5 Å². The molecule has 0 amide bonds. The first-order chi connectivity index (χ1) is 8.84. The van der Waals surface area contributed by atoms with Gasteiger partial charge in [0.05, 0.1) is 4.92 Å². The molecule has 11 heteroatoms. The molecule has 1 rings (SSSR count). The number of alkyl halides is 2. The molecule has 0 spiro atoms. The van der Waals surface area contributed by atoms with E-state index in [1.54, 1.807) is 0 Å². The normalized spacial score (nSPS) is 12.0. The van der Waals surface area contributed by atoms with E-state index in [9.17, 15) is 18.5 Å². The van der Waals surface area contributed by atoms with Gasteiger partial charge in [-0.15, -0.1) is 34.5 Å². The van der Waals surface area contributed by atoms with Crippen LogP contribution in [0.1, 0.15) is 0 Å². The van der Waals surface area contributed by atoms with Crippen LogP contribution in [0.4, 0.5) is 5.69 Å². The van der Waals surface area contributed by atoms with Gasteiger partial charge in [-0.25, -0.2) is 8.42 Å². The van der Waals surface area contributed by atoms with E-state index >= 15 is 0 Å². The largest absolute Gasteiger partial charge is 0.300 e. The molecule has 19 heavy (non-hydrogen) atoms. The van der Waals surface area contributed by atoms with Crippen molar-refractivity contribution in [3.63, 3.8) is 0 Å². The van der Waals surface area contributed by atoms with Gasteiger partial charge in [0.25, 0.3) is 15.7 Å². The van der Waals surface area contributed by atoms with E-state index in [1.807, 2.05) is 0 Å². The Balaban J connectivity index is 3.17. The van der Waals surface area contributed by atoms with Crippen LogP contribution in [0.2, 0.25) is 4.34 Å². The minimum absolute atomic E-state index is 0.0694. The standard InChI is InChI=1S/C8H9Cl3N2O4S2/c9-1-3-12(4-2-10)19(16,17)7-5-6(13(14)15)8(11)18-7/h5H,1-4H2. The summed E-state index contributed by atoms with van der Waals surface area (Å²) in [6, 6.07) is 0.942. The van der Waals surface area contributed by atoms with Crippen LogP contribution in [0.5, 0.6) is 0 Å². The lowest BCUT2D eigenvalue weighted by atomic mass is 10.6. The van der Waals surface area contributed by atoms with Crippen molar-refractivity contribution in [2.45, 2.75) is 4.21 Å². The Bertz CT molecular complexity index is 554. The van der Waals surface area contributed by atoms with Gasteiger partial charge in [-0.2, -0.15) is 4.31 Å². The second-order valence-corrected chi connectivity index (χ2v) is 7.84. The Labute approximate surface area is 129 Å². The summed E-state index contributed by atoms with van der Waals surface area (Å²) in [5.41, 5.74) is -0.429. The van der Waals surface area contributed by atoms with Gasteiger partial charge in [-0.3, -0.25) is 10.1 Å². The van der Waals surface area contributed by atoms with Gasteiger partial charge in [0.2, 0.25) is 0 Å². The number of rotatable bonds is 7. The number of nitrogens with zero attached hydrogens (tertiary/aromatic N) is 2. The van der Waals surface area contributed by atoms with E-state index in [0.717, 1.165) is 10.4 Å². The molecule has 0 radical (unpaired) electrons. The fourth-order valence-electron chi connectivity index (χ4n) is 1.26. The highest BCUT2D eigenvalue weighted by Crippen LogP contribution is 2.37. The maximum absolute atomic E-state index is 12.2. The Hall–Kier alpha value is -0.120. The first-order valence-corrected chi connectivity index (χ1v) is 8.60. The second kappa shape index (κ2) is 7.05. The molecule has 1 aromatic rings. The van der Waals surface area contributed by atoms with Crippen LogP contribution < -0.4 is 0 Å². The molecule has 0 atom stereocenters. The van der Waals surface area contributed by atoms with Crippen molar-refractivity contribution in [2.24, 2.45) is 0 Å². The van der Waals surface area contributed by atoms with Crippen LogP contribution >= 0.6 is 46.1 Å². The Kier molecular flexibility index (Phi) is 6.28. The molecule has 6 nitrogen and oxygen atoms in total. The number of hydrogen-bond donors (Lipinski definition) is 0. The molecule has 0 aliphatic heterocycles. The number of sulfonamides is 1. The first kappa shape index (κ1) is 16.9. The van der Waals surface area contributed by atoms with E-state index < -0.39 is 20.6 Å². The quantitative estimate of drug-likeness (QED) is 0.421. The summed E-state index contributed by atoms with van der Waals surface area (Å²) >= 11 is 17.3. The molecule has 0 fully saturated rings. The zero-order valence-electron chi connectivity index (χ0n) is 9.38. The zero-order valence-corrected chi connectivity index (χ0v) is 13.3. The van der Waals surface area contributed by atoms with Gasteiger partial charge in [0.1, 0.15) is 4.21 Å². The van der Waals surface area contributed by atoms with Crippen molar-refractivity contribution >= 4 is 61.9 Å². The summed E-state index contributed by atoms with van der Waals surface area (Å²) in [6.07, 6.45) is 0. The lowest BCUT2D eigenvalue weighted by Gasteiger charge is -2.18. The number of nitro groups is 1. The maximum Gasteiger partial charge on any atom is 0.300 e. The highest BCUT2D eigenvalue weighted by Gasteiger charge is 2.29. The van der Waals surface area contributed by atoms with E-state index in [0.29, 0.717) is 11.3 Å². The maximum atomic E-state index is 12.2.